The summed E-state index contributed by atoms with van der Waals surface area (Å²) in [4.78, 5) is 13.9. The minimum Gasteiger partial charge on any atom is -0.383 e. The van der Waals surface area contributed by atoms with Crippen LogP contribution < -0.4 is 4.72 Å². The van der Waals surface area contributed by atoms with Crippen LogP contribution in [0.5, 0.6) is 0 Å². The molecule has 2 aromatic rings. The molecule has 0 fully saturated rings. The van der Waals surface area contributed by atoms with Gasteiger partial charge in [0, 0.05) is 43.4 Å². The van der Waals surface area contributed by atoms with Crippen LogP contribution in [0.25, 0.3) is 0 Å². The minimum atomic E-state index is -3.77. The number of methoxy groups -OCH3 is 1. The fraction of sp³-hybridized carbons (Fsp3) is 0.278. The summed E-state index contributed by atoms with van der Waals surface area (Å²) in [6.45, 7) is 0.292. The first kappa shape index (κ1) is 21.3. The maximum absolute atomic E-state index is 13.9. The number of rotatable bonds is 8. The summed E-state index contributed by atoms with van der Waals surface area (Å²) in [5.74, 6) is -0.968. The molecule has 2 aromatic carbocycles. The molecular formula is C18H20ClFN2O4S. The second kappa shape index (κ2) is 9.27. The monoisotopic (exact) mass is 414 g/mol. The lowest BCUT2D eigenvalue weighted by Gasteiger charge is -2.19. The topological polar surface area (TPSA) is 75.7 Å². The first-order valence-electron chi connectivity index (χ1n) is 8.03. The molecule has 0 unspecified atom stereocenters. The Morgan fingerprint density at radius 2 is 1.96 bits per heavy atom. The zero-order valence-corrected chi connectivity index (χ0v) is 16.5. The number of hydrogen-bond donors (Lipinski definition) is 1. The van der Waals surface area contributed by atoms with Gasteiger partial charge in [-0.1, -0.05) is 23.7 Å². The van der Waals surface area contributed by atoms with E-state index >= 15 is 0 Å². The Balaban J connectivity index is 2.19. The molecule has 6 nitrogen and oxygen atoms in total. The van der Waals surface area contributed by atoms with Gasteiger partial charge in [-0.25, -0.2) is 17.5 Å². The van der Waals surface area contributed by atoms with E-state index in [0.717, 1.165) is 0 Å². The third-order valence-corrected chi connectivity index (χ3v) is 5.61. The van der Waals surface area contributed by atoms with E-state index in [-0.39, 0.29) is 40.7 Å². The summed E-state index contributed by atoms with van der Waals surface area (Å²) in [6.07, 6.45) is 0. The summed E-state index contributed by atoms with van der Waals surface area (Å²) in [5.41, 5.74) is 0.361. The number of nitrogens with zero attached hydrogens (tertiary/aromatic N) is 1. The summed E-state index contributed by atoms with van der Waals surface area (Å²) in [5, 5.41) is 0.216. The van der Waals surface area contributed by atoms with Gasteiger partial charge in [-0.3, -0.25) is 4.79 Å². The van der Waals surface area contributed by atoms with E-state index < -0.39 is 21.7 Å². The van der Waals surface area contributed by atoms with Gasteiger partial charge < -0.3 is 9.64 Å². The van der Waals surface area contributed by atoms with Crippen molar-refractivity contribution in [3.8, 4) is 0 Å². The van der Waals surface area contributed by atoms with Crippen molar-refractivity contribution in [3.63, 3.8) is 0 Å². The highest BCUT2D eigenvalue weighted by Crippen LogP contribution is 2.21. The van der Waals surface area contributed by atoms with Crippen molar-refractivity contribution in [2.24, 2.45) is 0 Å². The van der Waals surface area contributed by atoms with Gasteiger partial charge in [0.1, 0.15) is 5.82 Å². The molecule has 0 saturated carbocycles. The normalized spacial score (nSPS) is 11.4. The van der Waals surface area contributed by atoms with E-state index in [1.165, 1.54) is 61.5 Å². The predicted molar refractivity (Wildman–Crippen MR) is 101 cm³/mol. The number of amides is 1. The van der Waals surface area contributed by atoms with Crippen molar-refractivity contribution in [1.82, 2.24) is 9.62 Å². The highest BCUT2D eigenvalue weighted by molar-refractivity contribution is 7.89. The van der Waals surface area contributed by atoms with Crippen molar-refractivity contribution < 1.29 is 22.3 Å². The molecule has 0 aliphatic rings. The van der Waals surface area contributed by atoms with Gasteiger partial charge in [-0.15, -0.1) is 0 Å². The standard InChI is InChI=1S/C18H20ClFN2O4S/c1-22(12-15-16(19)7-4-8-17(15)20)18(23)13-5-3-6-14(11-13)27(24,25)21-9-10-26-2/h3-8,11,21H,9-10,12H2,1-2H3. The van der Waals surface area contributed by atoms with Gasteiger partial charge >= 0.3 is 0 Å². The Hall–Kier alpha value is -2.00. The average molecular weight is 415 g/mol. The summed E-state index contributed by atoms with van der Waals surface area (Å²) in [7, 11) is -0.816. The molecule has 0 atom stereocenters. The molecule has 0 bridgehead atoms. The van der Waals surface area contributed by atoms with Crippen molar-refractivity contribution in [2.75, 3.05) is 27.3 Å². The lowest BCUT2D eigenvalue weighted by molar-refractivity contribution is 0.0783. The molecule has 0 spiro atoms. The molecule has 146 valence electrons. The van der Waals surface area contributed by atoms with Crippen LogP contribution in [0.2, 0.25) is 5.02 Å². The summed E-state index contributed by atoms with van der Waals surface area (Å²) in [6, 6.07) is 9.91. The van der Waals surface area contributed by atoms with Crippen LogP contribution in [0.1, 0.15) is 15.9 Å². The van der Waals surface area contributed by atoms with Crippen molar-refractivity contribution in [2.45, 2.75) is 11.4 Å². The molecular weight excluding hydrogens is 395 g/mol. The smallest absolute Gasteiger partial charge is 0.253 e. The van der Waals surface area contributed by atoms with Crippen LogP contribution in [0.15, 0.2) is 47.4 Å². The third kappa shape index (κ3) is 5.49. The molecule has 0 heterocycles. The maximum Gasteiger partial charge on any atom is 0.253 e. The Bertz CT molecular complexity index is 901. The fourth-order valence-electron chi connectivity index (χ4n) is 2.37. The second-order valence-electron chi connectivity index (χ2n) is 5.78. The van der Waals surface area contributed by atoms with Crippen molar-refractivity contribution in [3.05, 3.63) is 64.4 Å². The van der Waals surface area contributed by atoms with E-state index in [0.29, 0.717) is 0 Å². The molecule has 0 aliphatic carbocycles. The number of carbonyl (C=O) groups is 1. The highest BCUT2D eigenvalue weighted by atomic mass is 35.5. The average Bonchev–Trinajstić information content (AvgIpc) is 2.64. The number of sulfonamides is 1. The molecule has 0 aromatic heterocycles. The number of benzene rings is 2. The second-order valence-corrected chi connectivity index (χ2v) is 7.95. The molecule has 9 heteroatoms. The first-order chi connectivity index (χ1) is 12.8. The lowest BCUT2D eigenvalue weighted by atomic mass is 10.1. The highest BCUT2D eigenvalue weighted by Gasteiger charge is 2.19. The fourth-order valence-corrected chi connectivity index (χ4v) is 3.65. The summed E-state index contributed by atoms with van der Waals surface area (Å²) < 4.78 is 45.7. The maximum atomic E-state index is 13.9. The number of nitrogens with one attached hydrogen (secondary N) is 1. The Morgan fingerprint density at radius 1 is 1.26 bits per heavy atom. The minimum absolute atomic E-state index is 0.0400. The van der Waals surface area contributed by atoms with Gasteiger partial charge in [0.05, 0.1) is 11.5 Å². The predicted octanol–water partition coefficient (Wildman–Crippen LogP) is 2.68. The van der Waals surface area contributed by atoms with E-state index in [1.807, 2.05) is 0 Å². The molecule has 27 heavy (non-hydrogen) atoms. The number of halogens is 2. The molecule has 2 rings (SSSR count). The van der Waals surface area contributed by atoms with E-state index in [1.54, 1.807) is 0 Å². The van der Waals surface area contributed by atoms with Gasteiger partial charge in [0.15, 0.2) is 0 Å². The Kier molecular flexibility index (Phi) is 7.32. The van der Waals surface area contributed by atoms with Crippen LogP contribution >= 0.6 is 11.6 Å². The lowest BCUT2D eigenvalue weighted by Crippen LogP contribution is -2.29. The number of ether oxygens (including phenoxy) is 1. The molecule has 1 N–H and O–H groups in total. The summed E-state index contributed by atoms with van der Waals surface area (Å²) >= 11 is 5.99. The van der Waals surface area contributed by atoms with Crippen molar-refractivity contribution >= 4 is 27.5 Å². The number of carbonyl (C=O) groups excluding carboxylic acids is 1. The molecule has 1 amide bonds. The van der Waals surface area contributed by atoms with Gasteiger partial charge in [-0.2, -0.15) is 0 Å². The van der Waals surface area contributed by atoms with E-state index in [2.05, 4.69) is 4.72 Å². The Labute approximate surface area is 162 Å². The SMILES string of the molecule is COCCNS(=O)(=O)c1cccc(C(=O)N(C)Cc2c(F)cccc2Cl)c1. The number of hydrogen-bond acceptors (Lipinski definition) is 4. The zero-order chi connectivity index (χ0) is 20.0. The van der Waals surface area contributed by atoms with Crippen LogP contribution in [-0.4, -0.2) is 46.5 Å². The van der Waals surface area contributed by atoms with Crippen LogP contribution in [-0.2, 0) is 21.3 Å². The van der Waals surface area contributed by atoms with Crippen molar-refractivity contribution in [1.29, 1.82) is 0 Å². The van der Waals surface area contributed by atoms with E-state index in [4.69, 9.17) is 16.3 Å². The zero-order valence-electron chi connectivity index (χ0n) is 14.9. The van der Waals surface area contributed by atoms with E-state index in [9.17, 15) is 17.6 Å². The Morgan fingerprint density at radius 3 is 2.63 bits per heavy atom. The quantitative estimate of drug-likeness (QED) is 0.674. The van der Waals surface area contributed by atoms with Crippen LogP contribution in [0, 0.1) is 5.82 Å². The molecule has 0 radical (unpaired) electrons. The first-order valence-corrected chi connectivity index (χ1v) is 9.89. The van der Waals surface area contributed by atoms with Crippen LogP contribution in [0.3, 0.4) is 0 Å². The van der Waals surface area contributed by atoms with Crippen LogP contribution in [0.4, 0.5) is 4.39 Å². The molecule has 0 aliphatic heterocycles. The van der Waals surface area contributed by atoms with Gasteiger partial charge in [0.25, 0.3) is 5.91 Å². The molecule has 0 saturated heterocycles. The van der Waals surface area contributed by atoms with Gasteiger partial charge in [0.2, 0.25) is 10.0 Å². The third-order valence-electron chi connectivity index (χ3n) is 3.79. The largest absolute Gasteiger partial charge is 0.383 e. The van der Waals surface area contributed by atoms with Gasteiger partial charge in [-0.05, 0) is 30.3 Å².